The van der Waals surface area contributed by atoms with Gasteiger partial charge in [-0.2, -0.15) is 0 Å². The smallest absolute Gasteiger partial charge is 0.407 e. The summed E-state index contributed by atoms with van der Waals surface area (Å²) in [6.07, 6.45) is 2.70. The summed E-state index contributed by atoms with van der Waals surface area (Å²) in [5, 5.41) is 2.83. The summed E-state index contributed by atoms with van der Waals surface area (Å²) in [6.45, 7) is 7.59. The van der Waals surface area contributed by atoms with Gasteiger partial charge in [-0.1, -0.05) is 0 Å². The van der Waals surface area contributed by atoms with Gasteiger partial charge in [-0.3, -0.25) is 0 Å². The molecule has 0 unspecified atom stereocenters. The van der Waals surface area contributed by atoms with Crippen LogP contribution in [0, 0.1) is 5.92 Å². The Morgan fingerprint density at radius 1 is 1.56 bits per heavy atom. The fourth-order valence-electron chi connectivity index (χ4n) is 2.08. The van der Waals surface area contributed by atoms with Crippen LogP contribution < -0.4 is 11.1 Å². The van der Waals surface area contributed by atoms with Gasteiger partial charge in [-0.05, 0) is 46.0 Å². The second kappa shape index (κ2) is 6.95. The monoisotopic (exact) mass is 258 g/mol. The maximum Gasteiger partial charge on any atom is 0.407 e. The lowest BCUT2D eigenvalue weighted by atomic mass is 9.94. The summed E-state index contributed by atoms with van der Waals surface area (Å²) in [7, 11) is 0. The quantitative estimate of drug-likeness (QED) is 0.804. The summed E-state index contributed by atoms with van der Waals surface area (Å²) < 4.78 is 10.7. The van der Waals surface area contributed by atoms with Crippen molar-refractivity contribution in [3.05, 3.63) is 0 Å². The minimum absolute atomic E-state index is 0.0356. The molecule has 0 bridgehead atoms. The van der Waals surface area contributed by atoms with Gasteiger partial charge in [0.15, 0.2) is 0 Å². The fourth-order valence-corrected chi connectivity index (χ4v) is 2.08. The normalized spacial score (nSPS) is 22.3. The summed E-state index contributed by atoms with van der Waals surface area (Å²) in [6, 6.07) is -0.0356. The third-order valence-electron chi connectivity index (χ3n) is 2.88. The molecule has 5 nitrogen and oxygen atoms in total. The minimum Gasteiger partial charge on any atom is -0.444 e. The Hall–Kier alpha value is -0.810. The summed E-state index contributed by atoms with van der Waals surface area (Å²) >= 11 is 0. The average molecular weight is 258 g/mol. The maximum absolute atomic E-state index is 11.6. The molecule has 0 aromatic rings. The third kappa shape index (κ3) is 6.21. The molecule has 5 heteroatoms. The Kier molecular flexibility index (Phi) is 5.88. The Labute approximate surface area is 109 Å². The SMILES string of the molecule is CC(C)(C)OC(=O)N[C@H](CN)C[C@H]1CCCOC1. The van der Waals surface area contributed by atoms with Crippen molar-refractivity contribution in [3.8, 4) is 0 Å². The van der Waals surface area contributed by atoms with Gasteiger partial charge in [0.2, 0.25) is 0 Å². The van der Waals surface area contributed by atoms with Crippen LogP contribution in [0.25, 0.3) is 0 Å². The van der Waals surface area contributed by atoms with Crippen molar-refractivity contribution in [1.82, 2.24) is 5.32 Å². The van der Waals surface area contributed by atoms with Crippen LogP contribution in [0.1, 0.15) is 40.0 Å². The first-order valence-electron chi connectivity index (χ1n) is 6.68. The van der Waals surface area contributed by atoms with Crippen molar-refractivity contribution < 1.29 is 14.3 Å². The Morgan fingerprint density at radius 3 is 2.78 bits per heavy atom. The minimum atomic E-state index is -0.475. The lowest BCUT2D eigenvalue weighted by molar-refractivity contribution is 0.0393. The molecule has 1 saturated heterocycles. The molecule has 3 N–H and O–H groups in total. The Bertz CT molecular complexity index is 257. The van der Waals surface area contributed by atoms with Crippen molar-refractivity contribution in [2.24, 2.45) is 11.7 Å². The van der Waals surface area contributed by atoms with Crippen molar-refractivity contribution in [2.75, 3.05) is 19.8 Å². The number of alkyl carbamates (subject to hydrolysis) is 1. The highest BCUT2D eigenvalue weighted by molar-refractivity contribution is 5.68. The van der Waals surface area contributed by atoms with Gasteiger partial charge >= 0.3 is 6.09 Å². The topological polar surface area (TPSA) is 73.6 Å². The van der Waals surface area contributed by atoms with E-state index in [1.807, 2.05) is 20.8 Å². The van der Waals surface area contributed by atoms with Crippen LogP contribution in [0.3, 0.4) is 0 Å². The molecule has 0 saturated carbocycles. The number of nitrogens with two attached hydrogens (primary N) is 1. The molecule has 18 heavy (non-hydrogen) atoms. The van der Waals surface area contributed by atoms with Gasteiger partial charge < -0.3 is 20.5 Å². The molecular formula is C13H26N2O3. The van der Waals surface area contributed by atoms with Gasteiger partial charge in [-0.25, -0.2) is 4.79 Å². The van der Waals surface area contributed by atoms with Crippen molar-refractivity contribution in [2.45, 2.75) is 51.7 Å². The van der Waals surface area contributed by atoms with Gasteiger partial charge in [0.25, 0.3) is 0 Å². The van der Waals surface area contributed by atoms with E-state index in [4.69, 9.17) is 15.2 Å². The van der Waals surface area contributed by atoms with Crippen LogP contribution in [0.4, 0.5) is 4.79 Å². The summed E-state index contributed by atoms with van der Waals surface area (Å²) in [4.78, 5) is 11.6. The molecule has 0 aromatic heterocycles. The number of carbonyl (C=O) groups is 1. The largest absolute Gasteiger partial charge is 0.444 e. The first-order chi connectivity index (χ1) is 8.40. The maximum atomic E-state index is 11.6. The highest BCUT2D eigenvalue weighted by atomic mass is 16.6. The third-order valence-corrected chi connectivity index (χ3v) is 2.88. The van der Waals surface area contributed by atoms with Crippen molar-refractivity contribution in [3.63, 3.8) is 0 Å². The van der Waals surface area contributed by atoms with E-state index in [9.17, 15) is 4.79 Å². The van der Waals surface area contributed by atoms with E-state index in [1.165, 1.54) is 0 Å². The van der Waals surface area contributed by atoms with Crippen LogP contribution in [0.5, 0.6) is 0 Å². The number of ether oxygens (including phenoxy) is 2. The molecule has 0 spiro atoms. The van der Waals surface area contributed by atoms with Gasteiger partial charge in [-0.15, -0.1) is 0 Å². The fraction of sp³-hybridized carbons (Fsp3) is 0.923. The van der Waals surface area contributed by atoms with Crippen LogP contribution >= 0.6 is 0 Å². The standard InChI is InChI=1S/C13H26N2O3/c1-13(2,3)18-12(16)15-11(8-14)7-10-5-4-6-17-9-10/h10-11H,4-9,14H2,1-3H3,(H,15,16)/t10-,11+/m1/s1. The predicted molar refractivity (Wildman–Crippen MR) is 70.4 cm³/mol. The second-order valence-electron chi connectivity index (χ2n) is 5.90. The zero-order valence-electron chi connectivity index (χ0n) is 11.7. The zero-order chi connectivity index (χ0) is 13.6. The van der Waals surface area contributed by atoms with Crippen LogP contribution in [0.15, 0.2) is 0 Å². The molecule has 0 aromatic carbocycles. The number of hydrogen-bond donors (Lipinski definition) is 2. The number of rotatable bonds is 4. The Morgan fingerprint density at radius 2 is 2.28 bits per heavy atom. The lowest BCUT2D eigenvalue weighted by Gasteiger charge is -2.27. The van der Waals surface area contributed by atoms with Crippen molar-refractivity contribution >= 4 is 6.09 Å². The van der Waals surface area contributed by atoms with E-state index in [1.54, 1.807) is 0 Å². The number of amides is 1. The first kappa shape index (κ1) is 15.2. The molecule has 1 aliphatic heterocycles. The molecule has 1 amide bonds. The van der Waals surface area contributed by atoms with Gasteiger partial charge in [0, 0.05) is 25.8 Å². The van der Waals surface area contributed by atoms with E-state index in [0.29, 0.717) is 12.5 Å². The van der Waals surface area contributed by atoms with E-state index < -0.39 is 11.7 Å². The van der Waals surface area contributed by atoms with Gasteiger partial charge in [0.1, 0.15) is 5.60 Å². The molecule has 2 atom stereocenters. The van der Waals surface area contributed by atoms with Crippen LogP contribution in [-0.2, 0) is 9.47 Å². The molecule has 1 heterocycles. The van der Waals surface area contributed by atoms with E-state index in [0.717, 1.165) is 32.5 Å². The predicted octanol–water partition coefficient (Wildman–Crippen LogP) is 1.66. The summed E-state index contributed by atoms with van der Waals surface area (Å²) in [5.41, 5.74) is 5.22. The molecule has 0 radical (unpaired) electrons. The number of nitrogens with one attached hydrogen (secondary N) is 1. The Balaban J connectivity index is 2.34. The van der Waals surface area contributed by atoms with Crippen LogP contribution in [-0.4, -0.2) is 37.5 Å². The second-order valence-corrected chi connectivity index (χ2v) is 5.90. The molecular weight excluding hydrogens is 232 g/mol. The van der Waals surface area contributed by atoms with E-state index >= 15 is 0 Å². The van der Waals surface area contributed by atoms with E-state index in [2.05, 4.69) is 5.32 Å². The molecule has 0 aliphatic carbocycles. The van der Waals surface area contributed by atoms with Crippen LogP contribution in [0.2, 0.25) is 0 Å². The summed E-state index contributed by atoms with van der Waals surface area (Å²) in [5.74, 6) is 0.488. The number of hydrogen-bond acceptors (Lipinski definition) is 4. The number of carbonyl (C=O) groups excluding carboxylic acids is 1. The molecule has 1 aliphatic rings. The van der Waals surface area contributed by atoms with Gasteiger partial charge in [0.05, 0.1) is 0 Å². The van der Waals surface area contributed by atoms with Crippen molar-refractivity contribution in [1.29, 1.82) is 0 Å². The molecule has 1 rings (SSSR count). The van der Waals surface area contributed by atoms with E-state index in [-0.39, 0.29) is 6.04 Å². The lowest BCUT2D eigenvalue weighted by Crippen LogP contribution is -2.44. The first-order valence-corrected chi connectivity index (χ1v) is 6.68. The highest BCUT2D eigenvalue weighted by Crippen LogP contribution is 2.18. The molecule has 106 valence electrons. The average Bonchev–Trinajstić information content (AvgIpc) is 2.27. The molecule has 1 fully saturated rings. The highest BCUT2D eigenvalue weighted by Gasteiger charge is 2.22. The zero-order valence-corrected chi connectivity index (χ0v) is 11.7.